The molecule has 0 saturated heterocycles. The first-order valence-electron chi connectivity index (χ1n) is 7.35. The van der Waals surface area contributed by atoms with Crippen molar-refractivity contribution in [1.29, 1.82) is 0 Å². The number of amides is 1. The van der Waals surface area contributed by atoms with Gasteiger partial charge in [-0.25, -0.2) is 0 Å². The van der Waals surface area contributed by atoms with Gasteiger partial charge in [0.1, 0.15) is 5.75 Å². The largest absolute Gasteiger partial charge is 0.497 e. The van der Waals surface area contributed by atoms with Gasteiger partial charge in [-0.3, -0.25) is 4.79 Å². The molecule has 4 rings (SSSR count). The first kappa shape index (κ1) is 14.5. The Morgan fingerprint density at radius 1 is 1.17 bits per heavy atom. The minimum absolute atomic E-state index is 0.0871. The van der Waals surface area contributed by atoms with Crippen LogP contribution in [0.1, 0.15) is 22.1 Å². The molecule has 2 aromatic heterocycles. The van der Waals surface area contributed by atoms with E-state index in [4.69, 9.17) is 4.74 Å². The number of carbonyl (C=O) groups is 1. The maximum atomic E-state index is 12.2. The first-order valence-corrected chi connectivity index (χ1v) is 9.11. The van der Waals surface area contributed by atoms with E-state index in [1.165, 1.54) is 9.75 Å². The molecule has 1 N–H and O–H groups in total. The van der Waals surface area contributed by atoms with Crippen LogP contribution < -0.4 is 10.1 Å². The van der Waals surface area contributed by atoms with Gasteiger partial charge in [-0.05, 0) is 29.1 Å². The zero-order valence-electron chi connectivity index (χ0n) is 12.5. The summed E-state index contributed by atoms with van der Waals surface area (Å²) in [5, 5.41) is 7.28. The summed E-state index contributed by atoms with van der Waals surface area (Å²) >= 11 is 3.44. The molecule has 1 aromatic carbocycles. The van der Waals surface area contributed by atoms with Gasteiger partial charge in [0.05, 0.1) is 12.8 Å². The molecule has 3 aromatic rings. The van der Waals surface area contributed by atoms with Crippen molar-refractivity contribution in [3.8, 4) is 16.9 Å². The fraction of sp³-hybridized carbons (Fsp3) is 0.167. The maximum absolute atomic E-state index is 12.2. The topological polar surface area (TPSA) is 38.3 Å². The van der Waals surface area contributed by atoms with Crippen molar-refractivity contribution in [2.24, 2.45) is 0 Å². The standard InChI is InChI=1S/C18H15NO2S2/c1-21-12-6-4-11(5-7-12)14-10-23-18-13(15-3-2-8-22-15)9-16(20)19-17(14)18/h2-8,10,13H,9H2,1H3,(H,19,20). The smallest absolute Gasteiger partial charge is 0.225 e. The van der Waals surface area contributed by atoms with E-state index in [1.807, 2.05) is 30.3 Å². The van der Waals surface area contributed by atoms with E-state index >= 15 is 0 Å². The number of carbonyl (C=O) groups excluding carboxylic acids is 1. The van der Waals surface area contributed by atoms with Crippen molar-refractivity contribution < 1.29 is 9.53 Å². The molecule has 1 amide bonds. The van der Waals surface area contributed by atoms with Gasteiger partial charge in [-0.15, -0.1) is 22.7 Å². The average molecular weight is 341 g/mol. The second kappa shape index (κ2) is 5.83. The minimum atomic E-state index is 0.0871. The molecule has 0 aliphatic carbocycles. The molecule has 1 unspecified atom stereocenters. The predicted molar refractivity (Wildman–Crippen MR) is 95.7 cm³/mol. The van der Waals surface area contributed by atoms with Crippen LogP contribution in [0.4, 0.5) is 5.69 Å². The van der Waals surface area contributed by atoms with E-state index in [-0.39, 0.29) is 11.8 Å². The van der Waals surface area contributed by atoms with Crippen molar-refractivity contribution in [1.82, 2.24) is 0 Å². The lowest BCUT2D eigenvalue weighted by Gasteiger charge is -2.22. The molecule has 1 atom stereocenters. The Morgan fingerprint density at radius 2 is 2.00 bits per heavy atom. The Morgan fingerprint density at radius 3 is 2.70 bits per heavy atom. The lowest BCUT2D eigenvalue weighted by Crippen LogP contribution is -2.21. The van der Waals surface area contributed by atoms with Crippen LogP contribution in [-0.4, -0.2) is 13.0 Å². The monoisotopic (exact) mass is 341 g/mol. The summed E-state index contributed by atoms with van der Waals surface area (Å²) < 4.78 is 5.22. The quantitative estimate of drug-likeness (QED) is 0.731. The first-order chi connectivity index (χ1) is 11.3. The summed E-state index contributed by atoms with van der Waals surface area (Å²) in [4.78, 5) is 14.7. The Bertz CT molecular complexity index is 835. The van der Waals surface area contributed by atoms with Gasteiger partial charge in [0.15, 0.2) is 0 Å². The van der Waals surface area contributed by atoms with Crippen molar-refractivity contribution in [2.45, 2.75) is 12.3 Å². The molecule has 1 aliphatic heterocycles. The van der Waals surface area contributed by atoms with E-state index in [2.05, 4.69) is 22.1 Å². The number of thiophene rings is 2. The SMILES string of the molecule is COc1ccc(-c2csc3c2NC(=O)CC3c2cccs2)cc1. The molecule has 0 radical (unpaired) electrons. The molecule has 1 aliphatic rings. The van der Waals surface area contributed by atoms with Gasteiger partial charge < -0.3 is 10.1 Å². The summed E-state index contributed by atoms with van der Waals surface area (Å²) in [5.41, 5.74) is 3.15. The molecule has 23 heavy (non-hydrogen) atoms. The number of ether oxygens (including phenoxy) is 1. The number of nitrogens with one attached hydrogen (secondary N) is 1. The molecular weight excluding hydrogens is 326 g/mol. The minimum Gasteiger partial charge on any atom is -0.497 e. The highest BCUT2D eigenvalue weighted by Gasteiger charge is 2.30. The predicted octanol–water partition coefficient (Wildman–Crippen LogP) is 4.96. The van der Waals surface area contributed by atoms with Crippen molar-refractivity contribution in [3.63, 3.8) is 0 Å². The third kappa shape index (κ3) is 2.56. The van der Waals surface area contributed by atoms with Gasteiger partial charge >= 0.3 is 0 Å². The van der Waals surface area contributed by atoms with Crippen LogP contribution in [0.25, 0.3) is 11.1 Å². The number of hydrogen-bond acceptors (Lipinski definition) is 4. The number of rotatable bonds is 3. The lowest BCUT2D eigenvalue weighted by atomic mass is 9.94. The molecule has 5 heteroatoms. The number of anilines is 1. The van der Waals surface area contributed by atoms with E-state index in [1.54, 1.807) is 29.8 Å². The summed E-state index contributed by atoms with van der Waals surface area (Å²) in [6, 6.07) is 12.1. The molecule has 0 fully saturated rings. The van der Waals surface area contributed by atoms with Crippen LogP contribution in [0, 0.1) is 0 Å². The van der Waals surface area contributed by atoms with Crippen LogP contribution in [0.2, 0.25) is 0 Å². The number of benzene rings is 1. The summed E-state index contributed by atoms with van der Waals surface area (Å²) in [6.07, 6.45) is 0.524. The molecule has 0 spiro atoms. The molecule has 0 saturated carbocycles. The third-order valence-corrected chi connectivity index (χ3v) is 6.16. The van der Waals surface area contributed by atoms with Crippen LogP contribution in [-0.2, 0) is 4.79 Å². The average Bonchev–Trinajstić information content (AvgIpc) is 3.24. The highest BCUT2D eigenvalue weighted by Crippen LogP contribution is 2.47. The normalized spacial score (nSPS) is 16.7. The van der Waals surface area contributed by atoms with Gasteiger partial charge in [-0.1, -0.05) is 18.2 Å². The summed E-state index contributed by atoms with van der Waals surface area (Å²) in [5.74, 6) is 1.10. The zero-order chi connectivity index (χ0) is 15.8. The van der Waals surface area contributed by atoms with Crippen molar-refractivity contribution >= 4 is 34.3 Å². The second-order valence-electron chi connectivity index (χ2n) is 5.44. The van der Waals surface area contributed by atoms with Crippen LogP contribution in [0.5, 0.6) is 5.75 Å². The van der Waals surface area contributed by atoms with Crippen LogP contribution in [0.15, 0.2) is 47.2 Å². The van der Waals surface area contributed by atoms with Crippen molar-refractivity contribution in [2.75, 3.05) is 12.4 Å². The molecule has 116 valence electrons. The number of methoxy groups -OCH3 is 1. The Hall–Kier alpha value is -2.11. The fourth-order valence-electron chi connectivity index (χ4n) is 2.93. The van der Waals surface area contributed by atoms with E-state index < -0.39 is 0 Å². The van der Waals surface area contributed by atoms with Gasteiger partial charge in [0.25, 0.3) is 0 Å². The van der Waals surface area contributed by atoms with Crippen LogP contribution in [0.3, 0.4) is 0 Å². The Labute approximate surface area is 142 Å². The Balaban J connectivity index is 1.78. The van der Waals surface area contributed by atoms with Gasteiger partial charge in [-0.2, -0.15) is 0 Å². The molecule has 3 heterocycles. The van der Waals surface area contributed by atoms with E-state index in [9.17, 15) is 4.79 Å². The fourth-order valence-corrected chi connectivity index (χ4v) is 4.99. The van der Waals surface area contributed by atoms with E-state index in [0.29, 0.717) is 6.42 Å². The second-order valence-corrected chi connectivity index (χ2v) is 7.33. The summed E-state index contributed by atoms with van der Waals surface area (Å²) in [7, 11) is 1.66. The lowest BCUT2D eigenvalue weighted by molar-refractivity contribution is -0.116. The number of hydrogen-bond donors (Lipinski definition) is 1. The number of fused-ring (bicyclic) bond motifs is 1. The molecule has 3 nitrogen and oxygen atoms in total. The van der Waals surface area contributed by atoms with Gasteiger partial charge in [0, 0.05) is 33.0 Å². The Kier molecular flexibility index (Phi) is 3.67. The highest BCUT2D eigenvalue weighted by molar-refractivity contribution is 7.12. The highest BCUT2D eigenvalue weighted by atomic mass is 32.1. The molecule has 0 bridgehead atoms. The van der Waals surface area contributed by atoms with Gasteiger partial charge in [0.2, 0.25) is 5.91 Å². The zero-order valence-corrected chi connectivity index (χ0v) is 14.2. The molecular formula is C18H15NO2S2. The maximum Gasteiger partial charge on any atom is 0.225 e. The summed E-state index contributed by atoms with van der Waals surface area (Å²) in [6.45, 7) is 0. The van der Waals surface area contributed by atoms with E-state index in [0.717, 1.165) is 22.6 Å². The third-order valence-electron chi connectivity index (χ3n) is 4.08. The van der Waals surface area contributed by atoms with Crippen molar-refractivity contribution in [3.05, 3.63) is 56.9 Å². The van der Waals surface area contributed by atoms with Crippen LogP contribution >= 0.6 is 22.7 Å².